The van der Waals surface area contributed by atoms with Crippen molar-refractivity contribution in [2.24, 2.45) is 11.3 Å². The summed E-state index contributed by atoms with van der Waals surface area (Å²) in [6.07, 6.45) is 1.17. The molecule has 0 bridgehead atoms. The van der Waals surface area contributed by atoms with Crippen LogP contribution in [0.5, 0.6) is 0 Å². The minimum Gasteiger partial charge on any atom is -0.272 e. The fraction of sp³-hybridized carbons (Fsp3) is 0.778. The van der Waals surface area contributed by atoms with Gasteiger partial charge in [0.25, 0.3) is 0 Å². The summed E-state index contributed by atoms with van der Waals surface area (Å²) in [5.74, 6) is 0.561. The lowest BCUT2D eigenvalue weighted by molar-refractivity contribution is 0.401. The molecule has 0 spiro atoms. The van der Waals surface area contributed by atoms with Crippen molar-refractivity contribution in [3.63, 3.8) is 0 Å². The lowest BCUT2D eigenvalue weighted by atomic mass is 10.1. The second-order valence-corrected chi connectivity index (χ2v) is 5.16. The van der Waals surface area contributed by atoms with Crippen LogP contribution >= 0.6 is 12.2 Å². The molecule has 0 radical (unpaired) electrons. The van der Waals surface area contributed by atoms with Crippen LogP contribution in [0, 0.1) is 16.1 Å². The van der Waals surface area contributed by atoms with Crippen LogP contribution in [0.2, 0.25) is 0 Å². The van der Waals surface area contributed by atoms with Crippen LogP contribution in [-0.2, 0) is 0 Å². The molecule has 1 aromatic heterocycles. The van der Waals surface area contributed by atoms with E-state index < -0.39 is 0 Å². The Hall–Kier alpha value is -0.840. The molecule has 2 rings (SSSR count). The topological polar surface area (TPSA) is 53.6 Å². The third kappa shape index (κ3) is 1.35. The van der Waals surface area contributed by atoms with Crippen molar-refractivity contribution in [1.82, 2.24) is 14.8 Å². The van der Waals surface area contributed by atoms with Gasteiger partial charge in [0, 0.05) is 6.04 Å². The van der Waals surface area contributed by atoms with Crippen LogP contribution < -0.4 is 5.69 Å². The molecule has 1 heterocycles. The molecule has 1 aliphatic carbocycles. The van der Waals surface area contributed by atoms with E-state index in [1.165, 1.54) is 6.42 Å². The number of nitrogens with zero attached hydrogens (tertiary/aromatic N) is 1. The average Bonchev–Trinajstić information content (AvgIpc) is 2.59. The van der Waals surface area contributed by atoms with Gasteiger partial charge in [-0.05, 0) is 36.9 Å². The fourth-order valence-corrected chi connectivity index (χ4v) is 2.50. The Balaban J connectivity index is 2.33. The maximum absolute atomic E-state index is 11.4. The van der Waals surface area contributed by atoms with Gasteiger partial charge in [0.2, 0.25) is 0 Å². The van der Waals surface area contributed by atoms with Crippen molar-refractivity contribution in [2.75, 3.05) is 0 Å². The highest BCUT2D eigenvalue weighted by atomic mass is 32.1. The van der Waals surface area contributed by atoms with E-state index in [1.54, 1.807) is 4.57 Å². The summed E-state index contributed by atoms with van der Waals surface area (Å²) in [5.41, 5.74) is 0.225. The molecule has 2 atom stereocenters. The van der Waals surface area contributed by atoms with Crippen LogP contribution in [0.1, 0.15) is 33.2 Å². The summed E-state index contributed by atoms with van der Waals surface area (Å²) in [6.45, 7) is 6.50. The molecule has 1 saturated carbocycles. The number of aromatic amines is 2. The normalized spacial score (nSPS) is 26.1. The molecule has 78 valence electrons. The quantitative estimate of drug-likeness (QED) is 0.736. The van der Waals surface area contributed by atoms with Gasteiger partial charge in [-0.1, -0.05) is 13.8 Å². The molecule has 1 fully saturated rings. The lowest BCUT2D eigenvalue weighted by Gasteiger charge is -2.13. The molecule has 0 saturated heterocycles. The van der Waals surface area contributed by atoms with E-state index in [0.717, 1.165) is 0 Å². The largest absolute Gasteiger partial charge is 0.342 e. The Morgan fingerprint density at radius 2 is 2.14 bits per heavy atom. The third-order valence-corrected chi connectivity index (χ3v) is 3.59. The maximum atomic E-state index is 11.4. The van der Waals surface area contributed by atoms with Crippen LogP contribution in [0.15, 0.2) is 4.79 Å². The number of aromatic nitrogens is 3. The number of hydrogen-bond donors (Lipinski definition) is 2. The Bertz CT molecular complexity index is 426. The first-order chi connectivity index (χ1) is 6.43. The minimum atomic E-state index is -0.134. The Morgan fingerprint density at radius 1 is 1.57 bits per heavy atom. The van der Waals surface area contributed by atoms with Gasteiger partial charge in [-0.2, -0.15) is 0 Å². The molecule has 14 heavy (non-hydrogen) atoms. The number of rotatable bonds is 2. The summed E-state index contributed by atoms with van der Waals surface area (Å²) in [7, 11) is 0. The van der Waals surface area contributed by atoms with Gasteiger partial charge in [0.05, 0.1) is 0 Å². The summed E-state index contributed by atoms with van der Waals surface area (Å²) >= 11 is 5.05. The van der Waals surface area contributed by atoms with Crippen molar-refractivity contribution in [1.29, 1.82) is 0 Å². The van der Waals surface area contributed by atoms with Crippen molar-refractivity contribution >= 4 is 12.2 Å². The molecule has 0 aromatic carbocycles. The zero-order chi connectivity index (χ0) is 10.5. The standard InChI is InChI=1S/C9H15N3OS/c1-5(6-4-9(6,2)3)12-7(13)10-11-8(12)14/h5-6H,4H2,1-3H3,(H,10,13)(H,11,14). The molecule has 2 unspecified atom stereocenters. The van der Waals surface area contributed by atoms with Gasteiger partial charge in [-0.15, -0.1) is 0 Å². The van der Waals surface area contributed by atoms with Gasteiger partial charge in [-0.25, -0.2) is 9.89 Å². The summed E-state index contributed by atoms with van der Waals surface area (Å²) in [6, 6.07) is 0.188. The van der Waals surface area contributed by atoms with Crippen molar-refractivity contribution < 1.29 is 0 Å². The summed E-state index contributed by atoms with van der Waals surface area (Å²) < 4.78 is 2.12. The fourth-order valence-electron chi connectivity index (χ4n) is 2.20. The first-order valence-corrected chi connectivity index (χ1v) is 5.23. The molecular weight excluding hydrogens is 198 g/mol. The smallest absolute Gasteiger partial charge is 0.272 e. The van der Waals surface area contributed by atoms with E-state index in [9.17, 15) is 4.79 Å². The first-order valence-electron chi connectivity index (χ1n) is 4.82. The number of hydrogen-bond acceptors (Lipinski definition) is 2. The Labute approximate surface area is 87.3 Å². The van der Waals surface area contributed by atoms with E-state index in [0.29, 0.717) is 16.1 Å². The van der Waals surface area contributed by atoms with E-state index >= 15 is 0 Å². The highest BCUT2D eigenvalue weighted by Gasteiger charge is 2.49. The molecule has 5 heteroatoms. The Morgan fingerprint density at radius 3 is 2.50 bits per heavy atom. The molecule has 4 nitrogen and oxygen atoms in total. The zero-order valence-electron chi connectivity index (χ0n) is 8.63. The molecule has 1 aliphatic rings. The van der Waals surface area contributed by atoms with Gasteiger partial charge in [0.1, 0.15) is 0 Å². The third-order valence-electron chi connectivity index (χ3n) is 3.29. The maximum Gasteiger partial charge on any atom is 0.342 e. The van der Waals surface area contributed by atoms with E-state index in [-0.39, 0.29) is 11.7 Å². The molecular formula is C9H15N3OS. The van der Waals surface area contributed by atoms with Crippen LogP contribution in [-0.4, -0.2) is 14.8 Å². The monoisotopic (exact) mass is 213 g/mol. The van der Waals surface area contributed by atoms with Crippen LogP contribution in [0.25, 0.3) is 0 Å². The molecule has 0 amide bonds. The molecule has 2 N–H and O–H groups in total. The highest BCUT2D eigenvalue weighted by molar-refractivity contribution is 7.71. The molecule has 1 aromatic rings. The van der Waals surface area contributed by atoms with Crippen LogP contribution in [0.4, 0.5) is 0 Å². The zero-order valence-corrected chi connectivity index (χ0v) is 9.44. The van der Waals surface area contributed by atoms with Crippen LogP contribution in [0.3, 0.4) is 0 Å². The van der Waals surface area contributed by atoms with Gasteiger partial charge in [0.15, 0.2) is 4.77 Å². The molecule has 0 aliphatic heterocycles. The van der Waals surface area contributed by atoms with Gasteiger partial charge < -0.3 is 0 Å². The van der Waals surface area contributed by atoms with E-state index in [1.807, 2.05) is 0 Å². The Kier molecular flexibility index (Phi) is 1.96. The van der Waals surface area contributed by atoms with Gasteiger partial charge in [-0.3, -0.25) is 9.67 Å². The van der Waals surface area contributed by atoms with Gasteiger partial charge >= 0.3 is 5.69 Å². The highest BCUT2D eigenvalue weighted by Crippen LogP contribution is 2.56. The first kappa shape index (κ1) is 9.71. The van der Waals surface area contributed by atoms with Crippen molar-refractivity contribution in [2.45, 2.75) is 33.2 Å². The minimum absolute atomic E-state index is 0.134. The number of nitrogens with one attached hydrogen (secondary N) is 2. The summed E-state index contributed by atoms with van der Waals surface area (Å²) in [5, 5.41) is 5.17. The lowest BCUT2D eigenvalue weighted by Crippen LogP contribution is -2.23. The SMILES string of the molecule is CC(C1CC1(C)C)n1c(=O)[nH][nH]c1=S. The predicted octanol–water partition coefficient (Wildman–Crippen LogP) is 1.84. The van der Waals surface area contributed by atoms with E-state index in [4.69, 9.17) is 12.2 Å². The van der Waals surface area contributed by atoms with Crippen molar-refractivity contribution in [3.8, 4) is 0 Å². The van der Waals surface area contributed by atoms with Crippen molar-refractivity contribution in [3.05, 3.63) is 15.3 Å². The summed E-state index contributed by atoms with van der Waals surface area (Å²) in [4.78, 5) is 11.4. The number of H-pyrrole nitrogens is 2. The van der Waals surface area contributed by atoms with E-state index in [2.05, 4.69) is 31.0 Å². The second kappa shape index (κ2) is 2.82. The second-order valence-electron chi connectivity index (χ2n) is 4.77. The predicted molar refractivity (Wildman–Crippen MR) is 56.8 cm³/mol. The average molecular weight is 213 g/mol.